The van der Waals surface area contributed by atoms with E-state index in [4.69, 9.17) is 5.73 Å². The minimum absolute atomic E-state index is 0.0522. The number of aromatic nitrogens is 2. The fourth-order valence-corrected chi connectivity index (χ4v) is 3.23. The molecule has 3 atom stereocenters. The fraction of sp³-hybridized carbons (Fsp3) is 0.800. The maximum Gasteiger partial charge on any atom is 0.110 e. The van der Waals surface area contributed by atoms with Crippen LogP contribution in [0.25, 0.3) is 0 Å². The summed E-state index contributed by atoms with van der Waals surface area (Å²) in [6, 6.07) is 0. The molecule has 1 aromatic heterocycles. The Balaban J connectivity index is 2.09. The summed E-state index contributed by atoms with van der Waals surface area (Å²) in [6.07, 6.45) is 9.71. The van der Waals surface area contributed by atoms with E-state index >= 15 is 0 Å². The molecule has 1 fully saturated rings. The Kier molecular flexibility index (Phi) is 4.10. The van der Waals surface area contributed by atoms with Gasteiger partial charge in [0.2, 0.25) is 0 Å². The predicted molar refractivity (Wildman–Crippen MR) is 75.3 cm³/mol. The van der Waals surface area contributed by atoms with Gasteiger partial charge >= 0.3 is 0 Å². The van der Waals surface area contributed by atoms with Crippen LogP contribution in [-0.2, 0) is 13.0 Å². The SMILES string of the molecule is CCCn1ccnc1CC1(N)CCC(C)CC1C. The van der Waals surface area contributed by atoms with Gasteiger partial charge in [0.1, 0.15) is 5.82 Å². The van der Waals surface area contributed by atoms with Crippen molar-refractivity contribution in [3.8, 4) is 0 Å². The fourth-order valence-electron chi connectivity index (χ4n) is 3.23. The quantitative estimate of drug-likeness (QED) is 0.891. The van der Waals surface area contributed by atoms with E-state index in [0.29, 0.717) is 5.92 Å². The molecule has 3 unspecified atom stereocenters. The highest BCUT2D eigenvalue weighted by atomic mass is 15.1. The van der Waals surface area contributed by atoms with Gasteiger partial charge in [-0.05, 0) is 37.5 Å². The number of rotatable bonds is 4. The zero-order chi connectivity index (χ0) is 13.2. The first-order valence-corrected chi connectivity index (χ1v) is 7.34. The Hall–Kier alpha value is -0.830. The number of nitrogens with zero attached hydrogens (tertiary/aromatic N) is 2. The lowest BCUT2D eigenvalue weighted by atomic mass is 9.69. The van der Waals surface area contributed by atoms with E-state index in [9.17, 15) is 0 Å². The van der Waals surface area contributed by atoms with E-state index in [1.807, 2.05) is 6.20 Å². The van der Waals surface area contributed by atoms with E-state index < -0.39 is 0 Å². The monoisotopic (exact) mass is 249 g/mol. The lowest BCUT2D eigenvalue weighted by Gasteiger charge is -2.42. The smallest absolute Gasteiger partial charge is 0.110 e. The Labute approximate surface area is 111 Å². The van der Waals surface area contributed by atoms with Gasteiger partial charge in [-0.1, -0.05) is 20.8 Å². The summed E-state index contributed by atoms with van der Waals surface area (Å²) in [6.45, 7) is 7.90. The topological polar surface area (TPSA) is 43.8 Å². The van der Waals surface area contributed by atoms with E-state index in [1.165, 1.54) is 18.7 Å². The summed E-state index contributed by atoms with van der Waals surface area (Å²) >= 11 is 0. The molecule has 1 aliphatic carbocycles. The Morgan fingerprint density at radius 1 is 1.50 bits per heavy atom. The number of aryl methyl sites for hydroxylation is 1. The molecular weight excluding hydrogens is 222 g/mol. The molecule has 1 aliphatic rings. The Morgan fingerprint density at radius 3 is 2.94 bits per heavy atom. The standard InChI is InChI=1S/C15H27N3/c1-4-8-18-9-7-17-14(18)11-15(16)6-5-12(2)10-13(15)3/h7,9,12-13H,4-6,8,10-11,16H2,1-3H3. The van der Waals surface area contributed by atoms with E-state index in [-0.39, 0.29) is 5.54 Å². The molecule has 18 heavy (non-hydrogen) atoms. The number of imidazole rings is 1. The molecule has 0 aliphatic heterocycles. The average Bonchev–Trinajstić information content (AvgIpc) is 2.73. The molecule has 3 heteroatoms. The summed E-state index contributed by atoms with van der Waals surface area (Å²) in [5, 5.41) is 0. The molecule has 102 valence electrons. The molecule has 1 saturated carbocycles. The molecule has 0 bridgehead atoms. The van der Waals surface area contributed by atoms with Gasteiger partial charge < -0.3 is 10.3 Å². The lowest BCUT2D eigenvalue weighted by molar-refractivity contribution is 0.160. The summed E-state index contributed by atoms with van der Waals surface area (Å²) in [5.41, 5.74) is 6.62. The van der Waals surface area contributed by atoms with Crippen LogP contribution >= 0.6 is 0 Å². The lowest BCUT2D eigenvalue weighted by Crippen LogP contribution is -2.51. The minimum Gasteiger partial charge on any atom is -0.335 e. The molecule has 0 amide bonds. The molecule has 1 aromatic rings. The van der Waals surface area contributed by atoms with E-state index in [2.05, 4.69) is 36.5 Å². The van der Waals surface area contributed by atoms with E-state index in [1.54, 1.807) is 0 Å². The zero-order valence-corrected chi connectivity index (χ0v) is 12.0. The molecule has 2 N–H and O–H groups in total. The van der Waals surface area contributed by atoms with Crippen LogP contribution in [0.2, 0.25) is 0 Å². The molecule has 0 aromatic carbocycles. The van der Waals surface area contributed by atoms with Gasteiger partial charge in [-0.2, -0.15) is 0 Å². The van der Waals surface area contributed by atoms with Crippen LogP contribution in [0.5, 0.6) is 0 Å². The Morgan fingerprint density at radius 2 is 2.28 bits per heavy atom. The molecule has 0 saturated heterocycles. The highest BCUT2D eigenvalue weighted by molar-refractivity contribution is 5.04. The van der Waals surface area contributed by atoms with Crippen LogP contribution in [0.15, 0.2) is 12.4 Å². The third kappa shape index (κ3) is 2.77. The zero-order valence-electron chi connectivity index (χ0n) is 12.0. The highest BCUT2D eigenvalue weighted by Gasteiger charge is 2.37. The third-order valence-electron chi connectivity index (χ3n) is 4.59. The maximum absolute atomic E-state index is 6.67. The summed E-state index contributed by atoms with van der Waals surface area (Å²) in [7, 11) is 0. The summed E-state index contributed by atoms with van der Waals surface area (Å²) < 4.78 is 2.26. The van der Waals surface area contributed by atoms with Gasteiger partial charge in [0, 0.05) is 30.9 Å². The second kappa shape index (κ2) is 5.43. The van der Waals surface area contributed by atoms with E-state index in [0.717, 1.165) is 31.7 Å². The number of nitrogens with two attached hydrogens (primary N) is 1. The summed E-state index contributed by atoms with van der Waals surface area (Å²) in [4.78, 5) is 4.51. The molecular formula is C15H27N3. The highest BCUT2D eigenvalue weighted by Crippen LogP contribution is 2.36. The molecule has 1 heterocycles. The van der Waals surface area contributed by atoms with Crippen LogP contribution in [0.1, 0.15) is 52.3 Å². The van der Waals surface area contributed by atoms with Gasteiger partial charge in [-0.3, -0.25) is 0 Å². The van der Waals surface area contributed by atoms with Crippen LogP contribution in [0, 0.1) is 11.8 Å². The average molecular weight is 249 g/mol. The summed E-state index contributed by atoms with van der Waals surface area (Å²) in [5.74, 6) is 2.58. The van der Waals surface area contributed by atoms with Gasteiger partial charge in [-0.15, -0.1) is 0 Å². The van der Waals surface area contributed by atoms with Gasteiger partial charge in [0.15, 0.2) is 0 Å². The van der Waals surface area contributed by atoms with Crippen molar-refractivity contribution >= 4 is 0 Å². The Bertz CT molecular complexity index is 385. The van der Waals surface area contributed by atoms with Gasteiger partial charge in [0.25, 0.3) is 0 Å². The van der Waals surface area contributed by atoms with Crippen LogP contribution in [-0.4, -0.2) is 15.1 Å². The third-order valence-corrected chi connectivity index (χ3v) is 4.59. The first-order valence-electron chi connectivity index (χ1n) is 7.34. The van der Waals surface area contributed by atoms with Gasteiger partial charge in [0.05, 0.1) is 0 Å². The van der Waals surface area contributed by atoms with Crippen molar-refractivity contribution in [2.75, 3.05) is 0 Å². The second-order valence-electron chi connectivity index (χ2n) is 6.23. The van der Waals surface area contributed by atoms with Crippen molar-refractivity contribution in [1.29, 1.82) is 0 Å². The number of hydrogen-bond donors (Lipinski definition) is 1. The van der Waals surface area contributed by atoms with Crippen molar-refractivity contribution in [2.45, 2.75) is 65.0 Å². The molecule has 0 radical (unpaired) electrons. The maximum atomic E-state index is 6.67. The van der Waals surface area contributed by atoms with Crippen molar-refractivity contribution < 1.29 is 0 Å². The second-order valence-corrected chi connectivity index (χ2v) is 6.23. The molecule has 0 spiro atoms. The first kappa shape index (κ1) is 13.6. The van der Waals surface area contributed by atoms with Crippen LogP contribution < -0.4 is 5.73 Å². The van der Waals surface area contributed by atoms with Crippen molar-refractivity contribution in [1.82, 2.24) is 9.55 Å². The predicted octanol–water partition coefficient (Wildman–Crippen LogP) is 2.99. The normalized spacial score (nSPS) is 32.7. The van der Waals surface area contributed by atoms with Crippen molar-refractivity contribution in [3.63, 3.8) is 0 Å². The van der Waals surface area contributed by atoms with Crippen molar-refractivity contribution in [2.24, 2.45) is 17.6 Å². The number of hydrogen-bond acceptors (Lipinski definition) is 2. The van der Waals surface area contributed by atoms with Crippen LogP contribution in [0.4, 0.5) is 0 Å². The van der Waals surface area contributed by atoms with Crippen LogP contribution in [0.3, 0.4) is 0 Å². The molecule has 2 rings (SSSR count). The minimum atomic E-state index is -0.0522. The van der Waals surface area contributed by atoms with Crippen molar-refractivity contribution in [3.05, 3.63) is 18.2 Å². The first-order chi connectivity index (χ1) is 8.55. The largest absolute Gasteiger partial charge is 0.335 e. The molecule has 3 nitrogen and oxygen atoms in total. The van der Waals surface area contributed by atoms with Gasteiger partial charge in [-0.25, -0.2) is 4.98 Å².